The van der Waals surface area contributed by atoms with Crippen LogP contribution in [0.3, 0.4) is 0 Å². The van der Waals surface area contributed by atoms with Crippen LogP contribution >= 0.6 is 11.8 Å². The van der Waals surface area contributed by atoms with E-state index in [4.69, 9.17) is 9.84 Å². The average molecular weight is 334 g/mol. The summed E-state index contributed by atoms with van der Waals surface area (Å²) in [5.74, 6) is 0.508. The molecule has 0 aromatic heterocycles. The van der Waals surface area contributed by atoms with E-state index in [2.05, 4.69) is 5.32 Å². The van der Waals surface area contributed by atoms with Gasteiger partial charge < -0.3 is 15.2 Å². The minimum Gasteiger partial charge on any atom is -0.508 e. The number of phenols is 1. The Balaban J connectivity index is 1.70. The molecule has 8 heteroatoms. The second-order valence-electron chi connectivity index (χ2n) is 4.46. The quantitative estimate of drug-likeness (QED) is 0.364. The molecule has 0 unspecified atom stereocenters. The molecule has 0 atom stereocenters. The summed E-state index contributed by atoms with van der Waals surface area (Å²) in [5, 5.41) is 22.3. The van der Waals surface area contributed by atoms with Gasteiger partial charge in [-0.3, -0.25) is 10.1 Å². The van der Waals surface area contributed by atoms with E-state index in [1.807, 2.05) is 0 Å². The molecule has 1 amide bonds. The Bertz CT molecular complexity index is 673. The number of nitro groups is 1. The van der Waals surface area contributed by atoms with E-state index >= 15 is 0 Å². The van der Waals surface area contributed by atoms with Crippen molar-refractivity contribution in [1.82, 2.24) is 5.32 Å². The second kappa shape index (κ2) is 8.04. The van der Waals surface area contributed by atoms with E-state index in [1.165, 1.54) is 36.0 Å². The number of nitro benzene ring substituents is 1. The Hall–Kier alpha value is -2.74. The normalized spacial score (nSPS) is 10.1. The van der Waals surface area contributed by atoms with Gasteiger partial charge in [0.1, 0.15) is 12.4 Å². The van der Waals surface area contributed by atoms with Gasteiger partial charge in [0, 0.05) is 17.0 Å². The highest BCUT2D eigenvalue weighted by Crippen LogP contribution is 2.19. The largest absolute Gasteiger partial charge is 0.508 e. The number of carbonyl (C=O) groups is 1. The standard InChI is InChI=1S/C15H14N2O5S/c18-13-5-7-14(8-6-13)23-10-16-15(19)22-9-11-1-3-12(4-2-11)17(20)21/h1-8,18H,9-10H2,(H,16,19). The SMILES string of the molecule is O=C(NCSc1ccc(O)cc1)OCc1ccc([N+](=O)[O-])cc1. The molecular formula is C15H14N2O5S. The highest BCUT2D eigenvalue weighted by atomic mass is 32.2. The molecule has 7 nitrogen and oxygen atoms in total. The number of nitrogens with zero attached hydrogens (tertiary/aromatic N) is 1. The van der Waals surface area contributed by atoms with Crippen LogP contribution in [0.2, 0.25) is 0 Å². The molecule has 2 rings (SSSR count). The molecule has 0 fully saturated rings. The van der Waals surface area contributed by atoms with Gasteiger partial charge in [0.05, 0.1) is 10.8 Å². The number of thioether (sulfide) groups is 1. The predicted molar refractivity (Wildman–Crippen MR) is 85.2 cm³/mol. The van der Waals surface area contributed by atoms with Crippen molar-refractivity contribution in [2.45, 2.75) is 11.5 Å². The van der Waals surface area contributed by atoms with Gasteiger partial charge in [0.2, 0.25) is 0 Å². The maximum Gasteiger partial charge on any atom is 0.408 e. The van der Waals surface area contributed by atoms with Gasteiger partial charge in [0.25, 0.3) is 5.69 Å². The Morgan fingerprint density at radius 2 is 1.83 bits per heavy atom. The predicted octanol–water partition coefficient (Wildman–Crippen LogP) is 3.28. The van der Waals surface area contributed by atoms with E-state index in [1.54, 1.807) is 24.3 Å². The smallest absolute Gasteiger partial charge is 0.408 e. The van der Waals surface area contributed by atoms with Crippen LogP contribution in [0.1, 0.15) is 5.56 Å². The molecule has 2 aromatic rings. The van der Waals surface area contributed by atoms with Crippen molar-refractivity contribution in [3.05, 3.63) is 64.2 Å². The minimum absolute atomic E-state index is 0.0106. The molecule has 0 aliphatic heterocycles. The first-order valence-electron chi connectivity index (χ1n) is 6.60. The van der Waals surface area contributed by atoms with E-state index in [-0.39, 0.29) is 18.0 Å². The number of aromatic hydroxyl groups is 1. The Morgan fingerprint density at radius 1 is 1.17 bits per heavy atom. The first kappa shape index (κ1) is 16.6. The Labute approximate surface area is 136 Å². The highest BCUT2D eigenvalue weighted by molar-refractivity contribution is 7.99. The molecule has 0 aliphatic carbocycles. The minimum atomic E-state index is -0.574. The van der Waals surface area contributed by atoms with E-state index in [0.29, 0.717) is 11.4 Å². The monoisotopic (exact) mass is 334 g/mol. The maximum absolute atomic E-state index is 11.5. The average Bonchev–Trinajstić information content (AvgIpc) is 2.55. The summed E-state index contributed by atoms with van der Waals surface area (Å²) in [4.78, 5) is 22.5. The van der Waals surface area contributed by atoms with E-state index < -0.39 is 11.0 Å². The molecule has 0 saturated carbocycles. The number of benzene rings is 2. The third-order valence-electron chi connectivity index (χ3n) is 2.81. The third-order valence-corrected chi connectivity index (χ3v) is 3.70. The van der Waals surface area contributed by atoms with Gasteiger partial charge in [0.15, 0.2) is 0 Å². The van der Waals surface area contributed by atoms with Gasteiger partial charge in [-0.05, 0) is 42.0 Å². The number of alkyl carbamates (subject to hydrolysis) is 1. The Kier molecular flexibility index (Phi) is 5.81. The molecule has 0 radical (unpaired) electrons. The molecule has 120 valence electrons. The van der Waals surface area contributed by atoms with Crippen LogP contribution in [-0.2, 0) is 11.3 Å². The zero-order chi connectivity index (χ0) is 16.7. The molecular weight excluding hydrogens is 320 g/mol. The molecule has 2 aromatic carbocycles. The lowest BCUT2D eigenvalue weighted by atomic mass is 10.2. The molecule has 2 N–H and O–H groups in total. The van der Waals surface area contributed by atoms with E-state index in [0.717, 1.165) is 4.90 Å². The number of phenolic OH excluding ortho intramolecular Hbond substituents is 1. The number of non-ortho nitro benzene ring substituents is 1. The van der Waals surface area contributed by atoms with Crippen molar-refractivity contribution < 1.29 is 19.6 Å². The second-order valence-corrected chi connectivity index (χ2v) is 5.51. The zero-order valence-corrected chi connectivity index (χ0v) is 12.8. The molecule has 0 aliphatic rings. The molecule has 0 saturated heterocycles. The summed E-state index contributed by atoms with van der Waals surface area (Å²) < 4.78 is 5.01. The number of ether oxygens (including phenoxy) is 1. The van der Waals surface area contributed by atoms with Crippen molar-refractivity contribution in [3.8, 4) is 5.75 Å². The molecule has 0 bridgehead atoms. The number of amides is 1. The van der Waals surface area contributed by atoms with Crippen LogP contribution in [0.5, 0.6) is 5.75 Å². The van der Waals surface area contributed by atoms with Crippen molar-refractivity contribution in [3.63, 3.8) is 0 Å². The van der Waals surface area contributed by atoms with Gasteiger partial charge in [-0.15, -0.1) is 11.8 Å². The van der Waals surface area contributed by atoms with Gasteiger partial charge in [-0.1, -0.05) is 0 Å². The summed E-state index contributed by atoms with van der Waals surface area (Å²) in [6, 6.07) is 12.4. The summed E-state index contributed by atoms with van der Waals surface area (Å²) >= 11 is 1.39. The van der Waals surface area contributed by atoms with Gasteiger partial charge in [-0.25, -0.2) is 4.79 Å². The lowest BCUT2D eigenvalue weighted by Gasteiger charge is -2.07. The number of rotatable bonds is 6. The summed E-state index contributed by atoms with van der Waals surface area (Å²) in [5.41, 5.74) is 0.653. The highest BCUT2D eigenvalue weighted by Gasteiger charge is 2.06. The number of carbonyl (C=O) groups excluding carboxylic acids is 1. The number of nitrogens with one attached hydrogen (secondary N) is 1. The molecule has 0 spiro atoms. The topological polar surface area (TPSA) is 102 Å². The lowest BCUT2D eigenvalue weighted by molar-refractivity contribution is -0.384. The van der Waals surface area contributed by atoms with Crippen molar-refractivity contribution in [2.75, 3.05) is 5.88 Å². The third kappa shape index (κ3) is 5.51. The van der Waals surface area contributed by atoms with Crippen LogP contribution in [0.25, 0.3) is 0 Å². The van der Waals surface area contributed by atoms with Crippen molar-refractivity contribution in [1.29, 1.82) is 0 Å². The van der Waals surface area contributed by atoms with Crippen LogP contribution in [0, 0.1) is 10.1 Å². The summed E-state index contributed by atoms with van der Waals surface area (Å²) in [7, 11) is 0. The fourth-order valence-corrected chi connectivity index (χ4v) is 2.32. The first-order valence-corrected chi connectivity index (χ1v) is 7.59. The molecule has 23 heavy (non-hydrogen) atoms. The Morgan fingerprint density at radius 3 is 2.43 bits per heavy atom. The first-order chi connectivity index (χ1) is 11.0. The fourth-order valence-electron chi connectivity index (χ4n) is 1.63. The van der Waals surface area contributed by atoms with Gasteiger partial charge >= 0.3 is 6.09 Å². The van der Waals surface area contributed by atoms with Crippen LogP contribution in [0.4, 0.5) is 10.5 Å². The summed E-state index contributed by atoms with van der Waals surface area (Å²) in [6.45, 7) is 0.0354. The zero-order valence-electron chi connectivity index (χ0n) is 12.0. The lowest BCUT2D eigenvalue weighted by Crippen LogP contribution is -2.23. The maximum atomic E-state index is 11.5. The fraction of sp³-hybridized carbons (Fsp3) is 0.133. The van der Waals surface area contributed by atoms with Crippen LogP contribution in [-0.4, -0.2) is 22.0 Å². The van der Waals surface area contributed by atoms with Crippen LogP contribution < -0.4 is 5.32 Å². The number of hydrogen-bond acceptors (Lipinski definition) is 6. The van der Waals surface area contributed by atoms with Crippen molar-refractivity contribution >= 4 is 23.5 Å². The number of hydrogen-bond donors (Lipinski definition) is 2. The van der Waals surface area contributed by atoms with Gasteiger partial charge in [-0.2, -0.15) is 0 Å². The summed E-state index contributed by atoms with van der Waals surface area (Å²) in [6.07, 6.45) is -0.574. The van der Waals surface area contributed by atoms with E-state index in [9.17, 15) is 14.9 Å². The van der Waals surface area contributed by atoms with Crippen LogP contribution in [0.15, 0.2) is 53.4 Å². The van der Waals surface area contributed by atoms with Crippen molar-refractivity contribution in [2.24, 2.45) is 0 Å². The molecule has 0 heterocycles.